The largest absolute Gasteiger partial charge is 0.450 e. The molecule has 0 aliphatic carbocycles. The Morgan fingerprint density at radius 2 is 2.11 bits per heavy atom. The van der Waals surface area contributed by atoms with Crippen LogP contribution >= 0.6 is 0 Å². The Hall–Kier alpha value is -1.30. The first kappa shape index (κ1) is 15.8. The van der Waals surface area contributed by atoms with E-state index in [4.69, 9.17) is 4.74 Å². The number of nitrogens with one attached hydrogen (secondary N) is 1. The Balaban J connectivity index is 2.66. The number of carbonyl (C=O) groups excluding carboxylic acids is 2. The lowest BCUT2D eigenvalue weighted by Crippen LogP contribution is -2.50. The molecule has 1 N–H and O–H groups in total. The normalized spacial score (nSPS) is 18.9. The van der Waals surface area contributed by atoms with Crippen LogP contribution in [-0.2, 0) is 9.53 Å². The van der Waals surface area contributed by atoms with Crippen LogP contribution in [0, 0.1) is 0 Å². The molecule has 1 unspecified atom stereocenters. The Labute approximate surface area is 116 Å². The van der Waals surface area contributed by atoms with Crippen LogP contribution in [0.2, 0.25) is 25.7 Å². The van der Waals surface area contributed by atoms with Gasteiger partial charge in [0.1, 0.15) is 6.04 Å². The van der Waals surface area contributed by atoms with E-state index in [1.807, 2.05) is 0 Å². The van der Waals surface area contributed by atoms with Crippen molar-refractivity contribution in [1.29, 1.82) is 0 Å². The molecule has 1 aliphatic heterocycles. The number of amides is 1. The number of Topliss-reactive ketones (excluding diaryl/α,β-unsaturated/α-hetero) is 1. The van der Waals surface area contributed by atoms with E-state index in [2.05, 4.69) is 25.0 Å². The van der Waals surface area contributed by atoms with Gasteiger partial charge in [-0.05, 0) is 19.2 Å². The molecule has 1 heterocycles. The van der Waals surface area contributed by atoms with Gasteiger partial charge in [0.05, 0.1) is 13.3 Å². The molecule has 1 aliphatic rings. The molecule has 0 aromatic carbocycles. The molecule has 0 saturated carbocycles. The van der Waals surface area contributed by atoms with E-state index < -0.39 is 20.2 Å². The van der Waals surface area contributed by atoms with E-state index in [1.54, 1.807) is 19.2 Å². The Bertz CT molecular complexity index is 363. The molecule has 1 amide bonds. The first-order valence-corrected chi connectivity index (χ1v) is 10.4. The zero-order valence-corrected chi connectivity index (χ0v) is 13.2. The van der Waals surface area contributed by atoms with Crippen molar-refractivity contribution in [3.8, 4) is 0 Å². The highest BCUT2D eigenvalue weighted by Gasteiger charge is 2.30. The molecule has 0 radical (unpaired) electrons. The number of hydrogen-bond donors (Lipinski definition) is 1. The standard InChI is InChI=1S/C13H24N2O3Si/c1-5-18-13(17)15-10-14-8-6-11(15)12(16)7-9-19(2,3)4/h6,8,11,14H,5,7,9-10H2,1-4H3. The number of nitrogens with zero attached hydrogens (tertiary/aromatic N) is 1. The van der Waals surface area contributed by atoms with E-state index >= 15 is 0 Å². The van der Waals surface area contributed by atoms with Gasteiger partial charge in [0.15, 0.2) is 5.78 Å². The lowest BCUT2D eigenvalue weighted by molar-refractivity contribution is -0.122. The average Bonchev–Trinajstić information content (AvgIpc) is 2.35. The van der Waals surface area contributed by atoms with Gasteiger partial charge in [0.2, 0.25) is 0 Å². The maximum absolute atomic E-state index is 12.3. The number of ketones is 1. The third kappa shape index (κ3) is 5.06. The van der Waals surface area contributed by atoms with Crippen molar-refractivity contribution in [1.82, 2.24) is 10.2 Å². The van der Waals surface area contributed by atoms with Gasteiger partial charge < -0.3 is 10.1 Å². The molecule has 0 spiro atoms. The first-order valence-electron chi connectivity index (χ1n) is 6.71. The van der Waals surface area contributed by atoms with E-state index in [0.717, 1.165) is 6.04 Å². The van der Waals surface area contributed by atoms with Crippen LogP contribution < -0.4 is 5.32 Å². The Morgan fingerprint density at radius 3 is 2.68 bits per heavy atom. The molecule has 6 heteroatoms. The number of hydrogen-bond acceptors (Lipinski definition) is 4. The minimum atomic E-state index is -1.24. The van der Waals surface area contributed by atoms with E-state index in [-0.39, 0.29) is 5.78 Å². The zero-order chi connectivity index (χ0) is 14.5. The number of ether oxygens (including phenoxy) is 1. The molecular weight excluding hydrogens is 260 g/mol. The van der Waals surface area contributed by atoms with Gasteiger partial charge >= 0.3 is 6.09 Å². The summed E-state index contributed by atoms with van der Waals surface area (Å²) >= 11 is 0. The minimum absolute atomic E-state index is 0.0910. The highest BCUT2D eigenvalue weighted by molar-refractivity contribution is 6.76. The van der Waals surface area contributed by atoms with Crippen molar-refractivity contribution in [3.63, 3.8) is 0 Å². The van der Waals surface area contributed by atoms with Crippen molar-refractivity contribution in [2.45, 2.75) is 45.1 Å². The van der Waals surface area contributed by atoms with E-state index in [0.29, 0.717) is 19.7 Å². The predicted octanol–water partition coefficient (Wildman–Crippen LogP) is 2.19. The highest BCUT2D eigenvalue weighted by Crippen LogP contribution is 2.16. The topological polar surface area (TPSA) is 58.6 Å². The quantitative estimate of drug-likeness (QED) is 0.786. The molecule has 19 heavy (non-hydrogen) atoms. The average molecular weight is 284 g/mol. The molecular formula is C13H24N2O3Si. The van der Waals surface area contributed by atoms with Crippen LogP contribution in [-0.4, -0.2) is 44.2 Å². The van der Waals surface area contributed by atoms with Gasteiger partial charge in [-0.2, -0.15) is 0 Å². The maximum Gasteiger partial charge on any atom is 0.412 e. The van der Waals surface area contributed by atoms with Gasteiger partial charge in [0.25, 0.3) is 0 Å². The van der Waals surface area contributed by atoms with Crippen molar-refractivity contribution in [2.24, 2.45) is 0 Å². The summed E-state index contributed by atoms with van der Waals surface area (Å²) in [6, 6.07) is 0.455. The molecule has 1 atom stereocenters. The summed E-state index contributed by atoms with van der Waals surface area (Å²) in [5, 5.41) is 2.93. The van der Waals surface area contributed by atoms with Crippen LogP contribution in [0.1, 0.15) is 13.3 Å². The minimum Gasteiger partial charge on any atom is -0.450 e. The summed E-state index contributed by atoms with van der Waals surface area (Å²) in [6.45, 7) is 9.10. The summed E-state index contributed by atoms with van der Waals surface area (Å²) in [4.78, 5) is 25.5. The lowest BCUT2D eigenvalue weighted by Gasteiger charge is -2.31. The van der Waals surface area contributed by atoms with E-state index in [1.165, 1.54) is 4.90 Å². The smallest absolute Gasteiger partial charge is 0.412 e. The Morgan fingerprint density at radius 1 is 1.42 bits per heavy atom. The molecule has 0 bridgehead atoms. The van der Waals surface area contributed by atoms with E-state index in [9.17, 15) is 9.59 Å². The fourth-order valence-electron chi connectivity index (χ4n) is 1.82. The van der Waals surface area contributed by atoms with Crippen molar-refractivity contribution >= 4 is 20.0 Å². The molecule has 0 fully saturated rings. The molecule has 0 aromatic rings. The second-order valence-electron chi connectivity index (χ2n) is 5.86. The third-order valence-corrected chi connectivity index (χ3v) is 4.70. The predicted molar refractivity (Wildman–Crippen MR) is 77.6 cm³/mol. The summed E-state index contributed by atoms with van der Waals surface area (Å²) in [5.41, 5.74) is 0. The summed E-state index contributed by atoms with van der Waals surface area (Å²) in [7, 11) is -1.24. The fraction of sp³-hybridized carbons (Fsp3) is 0.692. The zero-order valence-electron chi connectivity index (χ0n) is 12.2. The number of carbonyl (C=O) groups is 2. The monoisotopic (exact) mass is 284 g/mol. The fourth-order valence-corrected chi connectivity index (χ4v) is 2.82. The molecule has 108 valence electrons. The molecule has 0 aromatic heterocycles. The SMILES string of the molecule is CCOC(=O)N1CNC=CC1C(=O)CC[Si](C)(C)C. The van der Waals surface area contributed by atoms with Gasteiger partial charge in [0, 0.05) is 14.5 Å². The van der Waals surface area contributed by atoms with Crippen LogP contribution in [0.4, 0.5) is 4.79 Å². The van der Waals surface area contributed by atoms with Crippen LogP contribution in [0.5, 0.6) is 0 Å². The van der Waals surface area contributed by atoms with Crippen molar-refractivity contribution < 1.29 is 14.3 Å². The number of rotatable bonds is 5. The van der Waals surface area contributed by atoms with Crippen LogP contribution in [0.25, 0.3) is 0 Å². The second-order valence-corrected chi connectivity index (χ2v) is 11.5. The van der Waals surface area contributed by atoms with Gasteiger partial charge in [-0.25, -0.2) is 4.79 Å². The van der Waals surface area contributed by atoms with Crippen LogP contribution in [0.15, 0.2) is 12.3 Å². The maximum atomic E-state index is 12.3. The third-order valence-electron chi connectivity index (χ3n) is 2.95. The Kier molecular flexibility index (Phi) is 5.59. The van der Waals surface area contributed by atoms with Gasteiger partial charge in [-0.15, -0.1) is 0 Å². The summed E-state index contributed by atoms with van der Waals surface area (Å²) in [5.74, 6) is 0.0910. The summed E-state index contributed by atoms with van der Waals surface area (Å²) < 4.78 is 4.98. The molecule has 1 rings (SSSR count). The summed E-state index contributed by atoms with van der Waals surface area (Å²) in [6.07, 6.45) is 3.55. The van der Waals surface area contributed by atoms with Crippen LogP contribution in [0.3, 0.4) is 0 Å². The van der Waals surface area contributed by atoms with Gasteiger partial charge in [-0.1, -0.05) is 25.7 Å². The molecule has 0 saturated heterocycles. The van der Waals surface area contributed by atoms with Crippen molar-refractivity contribution in [3.05, 3.63) is 12.3 Å². The lowest BCUT2D eigenvalue weighted by atomic mass is 10.1. The molecule has 5 nitrogen and oxygen atoms in total. The first-order chi connectivity index (χ1) is 8.85. The highest BCUT2D eigenvalue weighted by atomic mass is 28.3. The van der Waals surface area contributed by atoms with Gasteiger partial charge in [-0.3, -0.25) is 9.69 Å². The van der Waals surface area contributed by atoms with Crippen molar-refractivity contribution in [2.75, 3.05) is 13.3 Å². The second kappa shape index (κ2) is 6.74.